The van der Waals surface area contributed by atoms with Gasteiger partial charge in [-0.1, -0.05) is 12.5 Å². The summed E-state index contributed by atoms with van der Waals surface area (Å²) in [6, 6.07) is 4.73. The van der Waals surface area contributed by atoms with E-state index in [0.29, 0.717) is 6.04 Å². The first kappa shape index (κ1) is 17.4. The summed E-state index contributed by atoms with van der Waals surface area (Å²) in [6.45, 7) is 5.23. The molecule has 0 radical (unpaired) electrons. The first-order valence-electron chi connectivity index (χ1n) is 9.36. The smallest absolute Gasteiger partial charge is 0.169 e. The monoisotopic (exact) mass is 367 g/mol. The summed E-state index contributed by atoms with van der Waals surface area (Å²) in [6.07, 6.45) is 13.0. The summed E-state index contributed by atoms with van der Waals surface area (Å²) in [5, 5.41) is 2.06. The largest absolute Gasteiger partial charge is 0.335 e. The van der Waals surface area contributed by atoms with Gasteiger partial charge in [0, 0.05) is 49.5 Å². The molecule has 1 atom stereocenters. The Bertz CT molecular complexity index is 809. The molecule has 0 saturated carbocycles. The number of hydrogen-bond acceptors (Lipinski definition) is 5. The van der Waals surface area contributed by atoms with Gasteiger partial charge in [0.15, 0.2) is 5.82 Å². The standard InChI is InChI=1S/C20H25N5S/c1-16-21-8-11-24(16)10-7-18-5-2-3-9-25(18)15-17-13-22-20(23-14-17)19-6-4-12-26-19/h4,6,8,11-14,18H,2-3,5,7,9-10,15H2,1H3/t18-/m1/s1. The van der Waals surface area contributed by atoms with Crippen LogP contribution in [0.2, 0.25) is 0 Å². The first-order chi connectivity index (χ1) is 12.8. The number of imidazole rings is 1. The molecule has 0 unspecified atom stereocenters. The Morgan fingerprint density at radius 1 is 1.19 bits per heavy atom. The van der Waals surface area contributed by atoms with Gasteiger partial charge in [-0.2, -0.15) is 0 Å². The van der Waals surface area contributed by atoms with Gasteiger partial charge in [0.25, 0.3) is 0 Å². The third kappa shape index (κ3) is 4.02. The average molecular weight is 368 g/mol. The van der Waals surface area contributed by atoms with Gasteiger partial charge in [-0.25, -0.2) is 15.0 Å². The lowest BCUT2D eigenvalue weighted by Crippen LogP contribution is -2.39. The lowest BCUT2D eigenvalue weighted by molar-refractivity contribution is 0.128. The molecule has 0 aromatic carbocycles. The van der Waals surface area contributed by atoms with E-state index in [1.54, 1.807) is 11.3 Å². The highest BCUT2D eigenvalue weighted by atomic mass is 32.1. The molecule has 1 saturated heterocycles. The molecular formula is C20H25N5S. The molecule has 1 fully saturated rings. The summed E-state index contributed by atoms with van der Waals surface area (Å²) in [4.78, 5) is 17.2. The van der Waals surface area contributed by atoms with Crippen molar-refractivity contribution in [1.82, 2.24) is 24.4 Å². The fourth-order valence-electron chi connectivity index (χ4n) is 3.73. The topological polar surface area (TPSA) is 46.8 Å². The average Bonchev–Trinajstić information content (AvgIpc) is 3.34. The minimum absolute atomic E-state index is 0.627. The van der Waals surface area contributed by atoms with Crippen LogP contribution in [0.25, 0.3) is 10.7 Å². The highest BCUT2D eigenvalue weighted by molar-refractivity contribution is 7.13. The molecule has 1 aliphatic heterocycles. The van der Waals surface area contributed by atoms with E-state index in [-0.39, 0.29) is 0 Å². The van der Waals surface area contributed by atoms with Crippen LogP contribution in [0.3, 0.4) is 0 Å². The fraction of sp³-hybridized carbons (Fsp3) is 0.450. The normalized spacial score (nSPS) is 18.3. The number of piperidine rings is 1. The van der Waals surface area contributed by atoms with E-state index in [9.17, 15) is 0 Å². The van der Waals surface area contributed by atoms with E-state index >= 15 is 0 Å². The molecule has 0 amide bonds. The van der Waals surface area contributed by atoms with Crippen LogP contribution in [0.4, 0.5) is 0 Å². The summed E-state index contributed by atoms with van der Waals surface area (Å²) in [7, 11) is 0. The van der Waals surface area contributed by atoms with Crippen LogP contribution in [0.1, 0.15) is 37.1 Å². The fourth-order valence-corrected chi connectivity index (χ4v) is 4.40. The predicted octanol–water partition coefficient (Wildman–Crippen LogP) is 4.15. The zero-order chi connectivity index (χ0) is 17.8. The molecule has 0 spiro atoms. The van der Waals surface area contributed by atoms with Crippen molar-refractivity contribution < 1.29 is 0 Å². The van der Waals surface area contributed by atoms with Gasteiger partial charge >= 0.3 is 0 Å². The Hall–Kier alpha value is -2.05. The van der Waals surface area contributed by atoms with E-state index in [1.807, 2.05) is 24.7 Å². The van der Waals surface area contributed by atoms with Crippen LogP contribution in [-0.4, -0.2) is 37.0 Å². The predicted molar refractivity (Wildman–Crippen MR) is 105 cm³/mol. The van der Waals surface area contributed by atoms with E-state index in [2.05, 4.69) is 49.0 Å². The van der Waals surface area contributed by atoms with E-state index in [0.717, 1.165) is 29.6 Å². The molecule has 3 aromatic rings. The molecule has 6 heteroatoms. The SMILES string of the molecule is Cc1nccn1CC[C@H]1CCCCN1Cc1cnc(-c2cccs2)nc1. The van der Waals surface area contributed by atoms with E-state index < -0.39 is 0 Å². The highest BCUT2D eigenvalue weighted by Crippen LogP contribution is 2.24. The van der Waals surface area contributed by atoms with E-state index in [4.69, 9.17) is 0 Å². The Labute approximate surface area is 158 Å². The second kappa shape index (κ2) is 8.10. The van der Waals surface area contributed by atoms with Gasteiger partial charge in [0.1, 0.15) is 5.82 Å². The second-order valence-electron chi connectivity index (χ2n) is 6.97. The number of thiophene rings is 1. The van der Waals surface area contributed by atoms with Crippen molar-refractivity contribution in [3.63, 3.8) is 0 Å². The number of aromatic nitrogens is 4. The highest BCUT2D eigenvalue weighted by Gasteiger charge is 2.22. The van der Waals surface area contributed by atoms with E-state index in [1.165, 1.54) is 37.8 Å². The zero-order valence-corrected chi connectivity index (χ0v) is 16.0. The van der Waals surface area contributed by atoms with Crippen LogP contribution in [-0.2, 0) is 13.1 Å². The van der Waals surface area contributed by atoms with Crippen molar-refractivity contribution >= 4 is 11.3 Å². The summed E-state index contributed by atoms with van der Waals surface area (Å²) >= 11 is 1.68. The zero-order valence-electron chi connectivity index (χ0n) is 15.2. The minimum atomic E-state index is 0.627. The van der Waals surface area contributed by atoms with Gasteiger partial charge in [0.2, 0.25) is 0 Å². The Kier molecular flexibility index (Phi) is 5.41. The minimum Gasteiger partial charge on any atom is -0.335 e. The van der Waals surface area contributed by atoms with Gasteiger partial charge in [-0.15, -0.1) is 11.3 Å². The van der Waals surface area contributed by atoms with Gasteiger partial charge in [0.05, 0.1) is 4.88 Å². The quantitative estimate of drug-likeness (QED) is 0.656. The Balaban J connectivity index is 1.39. The molecule has 4 heterocycles. The van der Waals surface area contributed by atoms with Gasteiger partial charge in [-0.05, 0) is 44.2 Å². The number of hydrogen-bond donors (Lipinski definition) is 0. The van der Waals surface area contributed by atoms with Crippen LogP contribution >= 0.6 is 11.3 Å². The first-order valence-corrected chi connectivity index (χ1v) is 10.2. The second-order valence-corrected chi connectivity index (χ2v) is 7.92. The molecule has 26 heavy (non-hydrogen) atoms. The van der Waals surface area contributed by atoms with Crippen LogP contribution in [0, 0.1) is 6.92 Å². The maximum atomic E-state index is 4.57. The summed E-state index contributed by atoms with van der Waals surface area (Å²) in [5.41, 5.74) is 1.20. The molecule has 1 aliphatic rings. The maximum absolute atomic E-state index is 4.57. The molecule has 0 N–H and O–H groups in total. The van der Waals surface area contributed by atoms with Crippen LogP contribution in [0.5, 0.6) is 0 Å². The van der Waals surface area contributed by atoms with Gasteiger partial charge in [-0.3, -0.25) is 4.90 Å². The van der Waals surface area contributed by atoms with Crippen molar-refractivity contribution in [3.8, 4) is 10.7 Å². The summed E-state index contributed by atoms with van der Waals surface area (Å²) < 4.78 is 2.26. The van der Waals surface area contributed by atoms with Crippen LogP contribution in [0.15, 0.2) is 42.3 Å². The number of aryl methyl sites for hydroxylation is 2. The van der Waals surface area contributed by atoms with Crippen molar-refractivity contribution in [3.05, 3.63) is 53.7 Å². The third-order valence-electron chi connectivity index (χ3n) is 5.21. The number of nitrogens with zero attached hydrogens (tertiary/aromatic N) is 5. The van der Waals surface area contributed by atoms with Crippen LogP contribution < -0.4 is 0 Å². The van der Waals surface area contributed by atoms with Crippen molar-refractivity contribution in [1.29, 1.82) is 0 Å². The Morgan fingerprint density at radius 3 is 2.81 bits per heavy atom. The molecule has 5 nitrogen and oxygen atoms in total. The molecule has 3 aromatic heterocycles. The maximum Gasteiger partial charge on any atom is 0.169 e. The lowest BCUT2D eigenvalue weighted by Gasteiger charge is -2.36. The molecular weight excluding hydrogens is 342 g/mol. The molecule has 4 rings (SSSR count). The lowest BCUT2D eigenvalue weighted by atomic mass is 9.98. The van der Waals surface area contributed by atoms with Crippen molar-refractivity contribution in [2.45, 2.75) is 51.7 Å². The molecule has 0 aliphatic carbocycles. The van der Waals surface area contributed by atoms with Gasteiger partial charge < -0.3 is 4.57 Å². The number of likely N-dealkylation sites (tertiary alicyclic amines) is 1. The molecule has 136 valence electrons. The summed E-state index contributed by atoms with van der Waals surface area (Å²) in [5.74, 6) is 1.93. The van der Waals surface area contributed by atoms with Crippen molar-refractivity contribution in [2.75, 3.05) is 6.54 Å². The molecule has 0 bridgehead atoms. The Morgan fingerprint density at radius 2 is 2.08 bits per heavy atom. The third-order valence-corrected chi connectivity index (χ3v) is 6.07. The van der Waals surface area contributed by atoms with Crippen molar-refractivity contribution in [2.24, 2.45) is 0 Å². The number of rotatable bonds is 6.